The third-order valence-electron chi connectivity index (χ3n) is 10.1. The number of aliphatic hydroxyl groups excluding tert-OH is 1. The SMILES string of the molecule is CC1([C@@H]2CC[C@@H]3[C@@H]4CC[C@H]5C[C@H](O)CC[C@]5(C)[C@@H]4CC[C@@]32C)OCCO1. The van der Waals surface area contributed by atoms with Gasteiger partial charge in [0.2, 0.25) is 0 Å². The molecule has 148 valence electrons. The summed E-state index contributed by atoms with van der Waals surface area (Å²) < 4.78 is 12.3. The van der Waals surface area contributed by atoms with Gasteiger partial charge in [0.25, 0.3) is 0 Å². The van der Waals surface area contributed by atoms with Crippen LogP contribution in [0.3, 0.4) is 0 Å². The quantitative estimate of drug-likeness (QED) is 0.730. The van der Waals surface area contributed by atoms with Crippen LogP contribution in [0.25, 0.3) is 0 Å². The molecule has 1 aliphatic heterocycles. The van der Waals surface area contributed by atoms with Crippen LogP contribution in [-0.4, -0.2) is 30.2 Å². The van der Waals surface area contributed by atoms with Crippen LogP contribution in [0.2, 0.25) is 0 Å². The molecular formula is C23H38O3. The lowest BCUT2D eigenvalue weighted by molar-refractivity contribution is -0.218. The maximum atomic E-state index is 10.2. The summed E-state index contributed by atoms with van der Waals surface area (Å²) in [6.45, 7) is 8.90. The maximum absolute atomic E-state index is 10.2. The molecule has 5 fully saturated rings. The van der Waals surface area contributed by atoms with Crippen LogP contribution in [-0.2, 0) is 9.47 Å². The van der Waals surface area contributed by atoms with Crippen molar-refractivity contribution in [1.29, 1.82) is 0 Å². The second-order valence-electron chi connectivity index (χ2n) is 11.0. The van der Waals surface area contributed by atoms with Gasteiger partial charge in [0.15, 0.2) is 5.79 Å². The molecule has 0 spiro atoms. The lowest BCUT2D eigenvalue weighted by Crippen LogP contribution is -2.55. The molecule has 1 heterocycles. The van der Waals surface area contributed by atoms with Gasteiger partial charge in [-0.3, -0.25) is 0 Å². The van der Waals surface area contributed by atoms with E-state index in [2.05, 4.69) is 20.8 Å². The van der Waals surface area contributed by atoms with Gasteiger partial charge in [-0.15, -0.1) is 0 Å². The molecule has 3 heteroatoms. The molecule has 0 aromatic carbocycles. The Morgan fingerprint density at radius 1 is 0.769 bits per heavy atom. The standard InChI is InChI=1S/C23H38O3/c1-21-10-8-16(24)14-15(21)4-5-17-18-6-7-20(23(3)25-12-13-26-23)22(18,2)11-9-19(17)21/h15-20,24H,4-14H2,1-3H3/t15-,16+,17-,18+,19+,20+,21-,22-/m0/s1. The van der Waals surface area contributed by atoms with Crippen LogP contribution in [0.4, 0.5) is 0 Å². The molecule has 4 aliphatic carbocycles. The summed E-state index contributed by atoms with van der Waals surface area (Å²) in [7, 11) is 0. The Kier molecular flexibility index (Phi) is 4.10. The molecular weight excluding hydrogens is 324 g/mol. The summed E-state index contributed by atoms with van der Waals surface area (Å²) >= 11 is 0. The summed E-state index contributed by atoms with van der Waals surface area (Å²) in [4.78, 5) is 0. The molecule has 0 aromatic heterocycles. The molecule has 0 unspecified atom stereocenters. The van der Waals surface area contributed by atoms with Crippen molar-refractivity contribution >= 4 is 0 Å². The molecule has 0 bridgehead atoms. The van der Waals surface area contributed by atoms with Crippen LogP contribution in [0, 0.1) is 40.4 Å². The van der Waals surface area contributed by atoms with Gasteiger partial charge in [0.05, 0.1) is 19.3 Å². The number of hydrogen-bond donors (Lipinski definition) is 1. The van der Waals surface area contributed by atoms with Crippen LogP contribution < -0.4 is 0 Å². The predicted octanol–water partition coefficient (Wildman–Crippen LogP) is 4.77. The van der Waals surface area contributed by atoms with E-state index in [1.807, 2.05) is 0 Å². The predicted molar refractivity (Wildman–Crippen MR) is 102 cm³/mol. The van der Waals surface area contributed by atoms with Gasteiger partial charge >= 0.3 is 0 Å². The first-order valence-corrected chi connectivity index (χ1v) is 11.3. The monoisotopic (exact) mass is 362 g/mol. The molecule has 3 nitrogen and oxygen atoms in total. The molecule has 0 amide bonds. The molecule has 5 rings (SSSR count). The third-order valence-corrected chi connectivity index (χ3v) is 10.1. The molecule has 4 saturated carbocycles. The van der Waals surface area contributed by atoms with Crippen molar-refractivity contribution in [1.82, 2.24) is 0 Å². The Morgan fingerprint density at radius 3 is 2.23 bits per heavy atom. The van der Waals surface area contributed by atoms with Gasteiger partial charge in [-0.1, -0.05) is 13.8 Å². The van der Waals surface area contributed by atoms with Gasteiger partial charge in [-0.25, -0.2) is 0 Å². The largest absolute Gasteiger partial charge is 0.393 e. The highest BCUT2D eigenvalue weighted by Crippen LogP contribution is 2.69. The maximum Gasteiger partial charge on any atom is 0.169 e. The van der Waals surface area contributed by atoms with Gasteiger partial charge in [0.1, 0.15) is 0 Å². The fourth-order valence-electron chi connectivity index (χ4n) is 8.83. The second-order valence-corrected chi connectivity index (χ2v) is 11.0. The minimum atomic E-state index is -0.341. The van der Waals surface area contributed by atoms with Crippen molar-refractivity contribution in [2.24, 2.45) is 40.4 Å². The number of rotatable bonds is 1. The number of aliphatic hydroxyl groups is 1. The first kappa shape index (κ1) is 17.9. The summed E-state index contributed by atoms with van der Waals surface area (Å²) in [5.74, 6) is 3.59. The Morgan fingerprint density at radius 2 is 1.46 bits per heavy atom. The van der Waals surface area contributed by atoms with Crippen LogP contribution in [0.15, 0.2) is 0 Å². The van der Waals surface area contributed by atoms with Crippen molar-refractivity contribution < 1.29 is 14.6 Å². The minimum absolute atomic E-state index is 0.0362. The van der Waals surface area contributed by atoms with Crippen LogP contribution in [0.1, 0.15) is 78.6 Å². The average molecular weight is 363 g/mol. The number of fused-ring (bicyclic) bond motifs is 5. The molecule has 1 saturated heterocycles. The Balaban J connectivity index is 1.41. The van der Waals surface area contributed by atoms with E-state index in [1.165, 1.54) is 44.9 Å². The lowest BCUT2D eigenvalue weighted by Gasteiger charge is -2.61. The second kappa shape index (κ2) is 5.94. The topological polar surface area (TPSA) is 38.7 Å². The zero-order valence-corrected chi connectivity index (χ0v) is 17.0. The van der Waals surface area contributed by atoms with E-state index >= 15 is 0 Å². The molecule has 1 N–H and O–H groups in total. The van der Waals surface area contributed by atoms with Crippen molar-refractivity contribution in [3.63, 3.8) is 0 Å². The number of ether oxygens (including phenoxy) is 2. The van der Waals surface area contributed by atoms with Gasteiger partial charge in [0, 0.05) is 5.92 Å². The van der Waals surface area contributed by atoms with Crippen molar-refractivity contribution in [2.45, 2.75) is 90.4 Å². The number of hydrogen-bond acceptors (Lipinski definition) is 3. The Labute approximate surface area is 159 Å². The van der Waals surface area contributed by atoms with E-state index in [1.54, 1.807) is 0 Å². The fourth-order valence-corrected chi connectivity index (χ4v) is 8.83. The van der Waals surface area contributed by atoms with E-state index in [0.717, 1.165) is 49.7 Å². The van der Waals surface area contributed by atoms with Crippen molar-refractivity contribution in [3.8, 4) is 0 Å². The Hall–Kier alpha value is -0.120. The average Bonchev–Trinajstić information content (AvgIpc) is 3.19. The van der Waals surface area contributed by atoms with E-state index in [4.69, 9.17) is 9.47 Å². The van der Waals surface area contributed by atoms with Gasteiger partial charge in [-0.05, 0) is 99.2 Å². The smallest absolute Gasteiger partial charge is 0.169 e. The highest BCUT2D eigenvalue weighted by molar-refractivity contribution is 5.11. The van der Waals surface area contributed by atoms with Gasteiger partial charge < -0.3 is 14.6 Å². The fraction of sp³-hybridized carbons (Fsp3) is 1.00. The summed E-state index contributed by atoms with van der Waals surface area (Å²) in [5, 5.41) is 10.2. The van der Waals surface area contributed by atoms with E-state index < -0.39 is 0 Å². The molecule has 0 aromatic rings. The summed E-state index contributed by atoms with van der Waals surface area (Å²) in [5.41, 5.74) is 0.865. The normalized spacial score (nSPS) is 55.8. The summed E-state index contributed by atoms with van der Waals surface area (Å²) in [6.07, 6.45) is 11.4. The van der Waals surface area contributed by atoms with E-state index in [-0.39, 0.29) is 11.9 Å². The third kappa shape index (κ3) is 2.35. The van der Waals surface area contributed by atoms with Crippen LogP contribution in [0.5, 0.6) is 0 Å². The zero-order chi connectivity index (χ0) is 18.2. The highest BCUT2D eigenvalue weighted by Gasteiger charge is 2.63. The van der Waals surface area contributed by atoms with Crippen LogP contribution >= 0.6 is 0 Å². The lowest BCUT2D eigenvalue weighted by atomic mass is 9.44. The first-order valence-electron chi connectivity index (χ1n) is 11.3. The van der Waals surface area contributed by atoms with E-state index in [9.17, 15) is 5.11 Å². The van der Waals surface area contributed by atoms with Crippen molar-refractivity contribution in [3.05, 3.63) is 0 Å². The molecule has 5 aliphatic rings. The molecule has 0 radical (unpaired) electrons. The zero-order valence-electron chi connectivity index (χ0n) is 17.0. The Bertz CT molecular complexity index is 556. The van der Waals surface area contributed by atoms with E-state index in [0.29, 0.717) is 16.7 Å². The highest BCUT2D eigenvalue weighted by atomic mass is 16.7. The summed E-state index contributed by atoms with van der Waals surface area (Å²) in [6, 6.07) is 0. The minimum Gasteiger partial charge on any atom is -0.393 e. The molecule has 26 heavy (non-hydrogen) atoms. The molecule has 8 atom stereocenters. The van der Waals surface area contributed by atoms with Gasteiger partial charge in [-0.2, -0.15) is 0 Å². The first-order chi connectivity index (χ1) is 12.4. The van der Waals surface area contributed by atoms with Crippen molar-refractivity contribution in [2.75, 3.05) is 13.2 Å².